The quantitative estimate of drug-likeness (QED) is 0.851. The molecule has 0 aliphatic rings. The summed E-state index contributed by atoms with van der Waals surface area (Å²) >= 11 is 0. The van der Waals surface area contributed by atoms with Gasteiger partial charge in [-0.1, -0.05) is 19.1 Å². The molecule has 0 aliphatic carbocycles. The lowest BCUT2D eigenvalue weighted by Crippen LogP contribution is -2.26. The van der Waals surface area contributed by atoms with Crippen LogP contribution in [0.4, 0.5) is 5.69 Å². The Bertz CT molecular complexity index is 574. The van der Waals surface area contributed by atoms with Gasteiger partial charge in [-0.15, -0.1) is 0 Å². The Morgan fingerprint density at radius 3 is 2.71 bits per heavy atom. The predicted octanol–water partition coefficient (Wildman–Crippen LogP) is 2.65. The van der Waals surface area contributed by atoms with E-state index in [4.69, 9.17) is 5.73 Å². The third-order valence-electron chi connectivity index (χ3n) is 3.74. The zero-order valence-electron chi connectivity index (χ0n) is 13.3. The van der Waals surface area contributed by atoms with Gasteiger partial charge in [0.05, 0.1) is 17.9 Å². The lowest BCUT2D eigenvalue weighted by atomic mass is 10.2. The Balaban J connectivity index is 2.21. The summed E-state index contributed by atoms with van der Waals surface area (Å²) in [5.74, 6) is 0. The van der Waals surface area contributed by atoms with Crippen LogP contribution in [-0.2, 0) is 20.0 Å². The van der Waals surface area contributed by atoms with Gasteiger partial charge >= 0.3 is 0 Å². The van der Waals surface area contributed by atoms with Gasteiger partial charge in [0.25, 0.3) is 0 Å². The van der Waals surface area contributed by atoms with E-state index in [9.17, 15) is 0 Å². The highest BCUT2D eigenvalue weighted by molar-refractivity contribution is 5.48. The number of hydrogen-bond donors (Lipinski definition) is 1. The van der Waals surface area contributed by atoms with Crippen LogP contribution >= 0.6 is 0 Å². The maximum Gasteiger partial charge on any atom is 0.0625 e. The zero-order valence-corrected chi connectivity index (χ0v) is 13.3. The number of anilines is 1. The summed E-state index contributed by atoms with van der Waals surface area (Å²) in [5.41, 5.74) is 10.6. The van der Waals surface area contributed by atoms with Crippen molar-refractivity contribution >= 4 is 5.69 Å². The van der Waals surface area contributed by atoms with Crippen molar-refractivity contribution in [3.05, 3.63) is 47.3 Å². The van der Waals surface area contributed by atoms with Gasteiger partial charge in [0, 0.05) is 19.3 Å². The summed E-state index contributed by atoms with van der Waals surface area (Å²) in [6.45, 7) is 6.82. The molecule has 2 aromatic rings. The van der Waals surface area contributed by atoms with E-state index < -0.39 is 0 Å². The van der Waals surface area contributed by atoms with Crippen LogP contribution < -0.4 is 10.6 Å². The van der Waals surface area contributed by atoms with E-state index in [2.05, 4.69) is 54.2 Å². The number of benzene rings is 1. The maximum absolute atomic E-state index is 5.69. The first-order valence-corrected chi connectivity index (χ1v) is 7.67. The van der Waals surface area contributed by atoms with E-state index in [0.29, 0.717) is 6.54 Å². The van der Waals surface area contributed by atoms with Gasteiger partial charge in [-0.3, -0.25) is 4.68 Å². The van der Waals surface area contributed by atoms with Crippen LogP contribution in [0.2, 0.25) is 0 Å². The first-order chi connectivity index (χ1) is 10.1. The summed E-state index contributed by atoms with van der Waals surface area (Å²) in [4.78, 5) is 2.39. The Morgan fingerprint density at radius 1 is 1.29 bits per heavy atom. The largest absolute Gasteiger partial charge is 0.366 e. The highest BCUT2D eigenvalue weighted by Gasteiger charge is 2.11. The van der Waals surface area contributed by atoms with E-state index in [1.165, 1.54) is 16.9 Å². The van der Waals surface area contributed by atoms with Gasteiger partial charge in [0.15, 0.2) is 0 Å². The summed E-state index contributed by atoms with van der Waals surface area (Å²) in [5, 5.41) is 4.54. The van der Waals surface area contributed by atoms with Crippen LogP contribution in [0, 0.1) is 6.92 Å². The molecule has 0 atom stereocenters. The van der Waals surface area contributed by atoms with Crippen LogP contribution in [0.25, 0.3) is 0 Å². The molecule has 0 radical (unpaired) electrons. The summed E-state index contributed by atoms with van der Waals surface area (Å²) in [6.07, 6.45) is 1.97. The van der Waals surface area contributed by atoms with Crippen LogP contribution in [0.1, 0.15) is 30.3 Å². The molecule has 4 nitrogen and oxygen atoms in total. The molecule has 4 heteroatoms. The van der Waals surface area contributed by atoms with E-state index in [1.807, 2.05) is 11.7 Å². The Hall–Kier alpha value is -1.81. The van der Waals surface area contributed by atoms with Gasteiger partial charge in [-0.05, 0) is 50.1 Å². The molecule has 0 saturated heterocycles. The topological polar surface area (TPSA) is 47.1 Å². The van der Waals surface area contributed by atoms with Gasteiger partial charge in [0.2, 0.25) is 0 Å². The highest BCUT2D eigenvalue weighted by Crippen LogP contribution is 2.19. The normalized spacial score (nSPS) is 10.9. The van der Waals surface area contributed by atoms with E-state index in [-0.39, 0.29) is 0 Å². The molecule has 2 rings (SSSR count). The van der Waals surface area contributed by atoms with Crippen LogP contribution in [0.3, 0.4) is 0 Å². The second kappa shape index (κ2) is 7.27. The minimum absolute atomic E-state index is 0.716. The Labute approximate surface area is 127 Å². The molecule has 114 valence electrons. The summed E-state index contributed by atoms with van der Waals surface area (Å²) < 4.78 is 1.99. The SMILES string of the molecule is CCc1cc(CN(CCCN)c2cccc(C)c2)n(C)n1. The van der Waals surface area contributed by atoms with Gasteiger partial charge in [0.1, 0.15) is 0 Å². The molecule has 1 heterocycles. The number of aromatic nitrogens is 2. The fourth-order valence-corrected chi connectivity index (χ4v) is 2.49. The zero-order chi connectivity index (χ0) is 15.2. The number of aryl methyl sites for hydroxylation is 3. The number of nitrogens with zero attached hydrogens (tertiary/aromatic N) is 3. The molecule has 0 amide bonds. The Morgan fingerprint density at radius 2 is 2.10 bits per heavy atom. The van der Waals surface area contributed by atoms with Crippen molar-refractivity contribution in [2.45, 2.75) is 33.2 Å². The maximum atomic E-state index is 5.69. The molecular formula is C17H26N4. The molecule has 0 aliphatic heterocycles. The molecule has 0 fully saturated rings. The lowest BCUT2D eigenvalue weighted by Gasteiger charge is -2.25. The van der Waals surface area contributed by atoms with Gasteiger partial charge in [-0.25, -0.2) is 0 Å². The fraction of sp³-hybridized carbons (Fsp3) is 0.471. The van der Waals surface area contributed by atoms with E-state index in [1.54, 1.807) is 0 Å². The smallest absolute Gasteiger partial charge is 0.0625 e. The van der Waals surface area contributed by atoms with Gasteiger partial charge in [-0.2, -0.15) is 5.10 Å². The third kappa shape index (κ3) is 4.08. The first kappa shape index (κ1) is 15.6. The Kier molecular flexibility index (Phi) is 5.39. The minimum atomic E-state index is 0.716. The van der Waals surface area contributed by atoms with Crippen molar-refractivity contribution in [3.8, 4) is 0 Å². The molecule has 2 N–H and O–H groups in total. The molecular weight excluding hydrogens is 260 g/mol. The first-order valence-electron chi connectivity index (χ1n) is 7.67. The highest BCUT2D eigenvalue weighted by atomic mass is 15.3. The molecule has 21 heavy (non-hydrogen) atoms. The molecule has 0 saturated carbocycles. The van der Waals surface area contributed by atoms with Crippen molar-refractivity contribution in [1.29, 1.82) is 0 Å². The minimum Gasteiger partial charge on any atom is -0.366 e. The summed E-state index contributed by atoms with van der Waals surface area (Å²) in [6, 6.07) is 10.8. The number of nitrogens with two attached hydrogens (primary N) is 1. The van der Waals surface area contributed by atoms with Crippen LogP contribution in [0.5, 0.6) is 0 Å². The lowest BCUT2D eigenvalue weighted by molar-refractivity contribution is 0.660. The average molecular weight is 286 g/mol. The van der Waals surface area contributed by atoms with Crippen molar-refractivity contribution in [1.82, 2.24) is 9.78 Å². The van der Waals surface area contributed by atoms with Crippen LogP contribution in [-0.4, -0.2) is 22.9 Å². The molecule has 0 unspecified atom stereocenters. The monoisotopic (exact) mass is 286 g/mol. The molecule has 0 spiro atoms. The third-order valence-corrected chi connectivity index (χ3v) is 3.74. The van der Waals surface area contributed by atoms with Crippen molar-refractivity contribution in [3.63, 3.8) is 0 Å². The predicted molar refractivity (Wildman–Crippen MR) is 88.5 cm³/mol. The van der Waals surface area contributed by atoms with E-state index in [0.717, 1.165) is 31.6 Å². The number of hydrogen-bond acceptors (Lipinski definition) is 3. The molecule has 0 bridgehead atoms. The second-order valence-electron chi connectivity index (χ2n) is 5.51. The van der Waals surface area contributed by atoms with Gasteiger partial charge < -0.3 is 10.6 Å². The molecule has 1 aromatic carbocycles. The standard InChI is InChI=1S/C17H26N4/c1-4-15-12-17(20(3)19-15)13-21(10-6-9-18)16-8-5-7-14(2)11-16/h5,7-8,11-12H,4,6,9-10,13,18H2,1-3H3. The van der Waals surface area contributed by atoms with Crippen LogP contribution in [0.15, 0.2) is 30.3 Å². The summed E-state index contributed by atoms with van der Waals surface area (Å²) in [7, 11) is 2.02. The fourth-order valence-electron chi connectivity index (χ4n) is 2.49. The van der Waals surface area contributed by atoms with E-state index >= 15 is 0 Å². The molecule has 1 aromatic heterocycles. The van der Waals surface area contributed by atoms with Crippen molar-refractivity contribution in [2.75, 3.05) is 18.0 Å². The van der Waals surface area contributed by atoms with Crippen molar-refractivity contribution in [2.24, 2.45) is 12.8 Å². The van der Waals surface area contributed by atoms with Crippen molar-refractivity contribution < 1.29 is 0 Å². The average Bonchev–Trinajstić information content (AvgIpc) is 2.83. The second-order valence-corrected chi connectivity index (χ2v) is 5.51. The number of rotatable bonds is 7.